The summed E-state index contributed by atoms with van der Waals surface area (Å²) < 4.78 is 28.9. The van der Waals surface area contributed by atoms with Crippen LogP contribution in [0.25, 0.3) is 5.69 Å². The Bertz CT molecular complexity index is 948. The van der Waals surface area contributed by atoms with Gasteiger partial charge in [0, 0.05) is 23.6 Å². The Hall–Kier alpha value is -3.13. The second-order valence-electron chi connectivity index (χ2n) is 4.99. The number of hydrogen-bond acceptors (Lipinski definition) is 4. The van der Waals surface area contributed by atoms with E-state index in [1.54, 1.807) is 35.3 Å². The second kappa shape index (κ2) is 6.17. The standard InChI is InChI=1S/C16H14N4O3S/c17-16(21)12-2-4-13(5-3-12)19-24(22,23)15-8-6-14(7-9-15)20-11-1-10-18-20/h1-11,19H,(H2,17,21). The van der Waals surface area contributed by atoms with Crippen molar-refractivity contribution < 1.29 is 13.2 Å². The van der Waals surface area contributed by atoms with Gasteiger partial charge in [0.1, 0.15) is 0 Å². The highest BCUT2D eigenvalue weighted by Gasteiger charge is 2.14. The summed E-state index contributed by atoms with van der Waals surface area (Å²) in [6, 6.07) is 14.0. The molecular weight excluding hydrogens is 328 g/mol. The number of hydrogen-bond donors (Lipinski definition) is 2. The van der Waals surface area contributed by atoms with E-state index in [4.69, 9.17) is 5.73 Å². The van der Waals surface area contributed by atoms with Crippen molar-refractivity contribution in [1.82, 2.24) is 9.78 Å². The zero-order chi connectivity index (χ0) is 17.2. The van der Waals surface area contributed by atoms with Crippen LogP contribution in [0.1, 0.15) is 10.4 Å². The van der Waals surface area contributed by atoms with Crippen LogP contribution in [0.5, 0.6) is 0 Å². The van der Waals surface area contributed by atoms with E-state index < -0.39 is 15.9 Å². The van der Waals surface area contributed by atoms with Crippen LogP contribution >= 0.6 is 0 Å². The molecule has 24 heavy (non-hydrogen) atoms. The molecule has 0 saturated carbocycles. The van der Waals surface area contributed by atoms with Gasteiger partial charge in [-0.25, -0.2) is 13.1 Å². The molecule has 3 rings (SSSR count). The van der Waals surface area contributed by atoms with Crippen LogP contribution in [0.2, 0.25) is 0 Å². The molecule has 0 unspecified atom stereocenters. The van der Waals surface area contributed by atoms with Crippen molar-refractivity contribution in [3.8, 4) is 5.69 Å². The summed E-state index contributed by atoms with van der Waals surface area (Å²) in [4.78, 5) is 11.1. The predicted molar refractivity (Wildman–Crippen MR) is 89.3 cm³/mol. The summed E-state index contributed by atoms with van der Waals surface area (Å²) in [5.41, 5.74) is 6.56. The lowest BCUT2D eigenvalue weighted by Gasteiger charge is -2.09. The molecule has 0 atom stereocenters. The van der Waals surface area contributed by atoms with Crippen LogP contribution in [0.4, 0.5) is 5.69 Å². The average Bonchev–Trinajstić information content (AvgIpc) is 3.09. The molecule has 2 aromatic carbocycles. The smallest absolute Gasteiger partial charge is 0.261 e. The fourth-order valence-electron chi connectivity index (χ4n) is 2.12. The number of nitrogens with one attached hydrogen (secondary N) is 1. The lowest BCUT2D eigenvalue weighted by Crippen LogP contribution is -2.14. The monoisotopic (exact) mass is 342 g/mol. The normalized spacial score (nSPS) is 11.2. The first-order valence-corrected chi connectivity index (χ1v) is 8.47. The second-order valence-corrected chi connectivity index (χ2v) is 6.67. The van der Waals surface area contributed by atoms with Gasteiger partial charge in [-0.05, 0) is 54.6 Å². The minimum absolute atomic E-state index is 0.123. The maximum Gasteiger partial charge on any atom is 0.261 e. The Morgan fingerprint density at radius 2 is 1.71 bits per heavy atom. The number of anilines is 1. The molecule has 0 aliphatic carbocycles. The summed E-state index contributed by atoms with van der Waals surface area (Å²) in [6.45, 7) is 0. The third-order valence-corrected chi connectivity index (χ3v) is 4.73. The highest BCUT2D eigenvalue weighted by atomic mass is 32.2. The van der Waals surface area contributed by atoms with Gasteiger partial charge in [0.25, 0.3) is 10.0 Å². The van der Waals surface area contributed by atoms with Gasteiger partial charge >= 0.3 is 0 Å². The third-order valence-electron chi connectivity index (χ3n) is 3.34. The highest BCUT2D eigenvalue weighted by Crippen LogP contribution is 2.18. The molecule has 1 heterocycles. The van der Waals surface area contributed by atoms with Gasteiger partial charge in [-0.1, -0.05) is 0 Å². The fraction of sp³-hybridized carbons (Fsp3) is 0. The van der Waals surface area contributed by atoms with Crippen molar-refractivity contribution in [3.05, 3.63) is 72.6 Å². The Balaban J connectivity index is 1.81. The first kappa shape index (κ1) is 15.8. The molecule has 3 aromatic rings. The Morgan fingerprint density at radius 3 is 2.25 bits per heavy atom. The molecule has 8 heteroatoms. The van der Waals surface area contributed by atoms with Crippen molar-refractivity contribution in [1.29, 1.82) is 0 Å². The van der Waals surface area contributed by atoms with E-state index in [0.29, 0.717) is 11.3 Å². The van der Waals surface area contributed by atoms with Gasteiger partial charge in [0.05, 0.1) is 10.6 Å². The van der Waals surface area contributed by atoms with Gasteiger partial charge in [-0.2, -0.15) is 5.10 Å². The number of amides is 1. The van der Waals surface area contributed by atoms with E-state index in [2.05, 4.69) is 9.82 Å². The molecule has 1 amide bonds. The zero-order valence-corrected chi connectivity index (χ0v) is 13.3. The zero-order valence-electron chi connectivity index (χ0n) is 12.5. The quantitative estimate of drug-likeness (QED) is 0.737. The highest BCUT2D eigenvalue weighted by molar-refractivity contribution is 7.92. The number of carbonyl (C=O) groups excluding carboxylic acids is 1. The molecule has 122 valence electrons. The maximum absolute atomic E-state index is 12.4. The van der Waals surface area contributed by atoms with E-state index in [9.17, 15) is 13.2 Å². The lowest BCUT2D eigenvalue weighted by molar-refractivity contribution is 0.100. The average molecular weight is 342 g/mol. The number of benzene rings is 2. The van der Waals surface area contributed by atoms with Gasteiger partial charge in [-0.3, -0.25) is 9.52 Å². The van der Waals surface area contributed by atoms with E-state index in [-0.39, 0.29) is 4.90 Å². The molecule has 0 aliphatic heterocycles. The van der Waals surface area contributed by atoms with Gasteiger partial charge in [0.2, 0.25) is 5.91 Å². The minimum atomic E-state index is -3.73. The van der Waals surface area contributed by atoms with Gasteiger partial charge in [0.15, 0.2) is 0 Å². The van der Waals surface area contributed by atoms with Crippen LogP contribution in [0, 0.1) is 0 Å². The Morgan fingerprint density at radius 1 is 1.04 bits per heavy atom. The molecule has 0 spiro atoms. The molecular formula is C16H14N4O3S. The first-order valence-electron chi connectivity index (χ1n) is 6.98. The largest absolute Gasteiger partial charge is 0.366 e. The number of primary amides is 1. The number of rotatable bonds is 5. The molecule has 7 nitrogen and oxygen atoms in total. The summed E-state index contributed by atoms with van der Waals surface area (Å²) in [5, 5.41) is 4.08. The maximum atomic E-state index is 12.4. The van der Waals surface area contributed by atoms with Crippen molar-refractivity contribution in [2.24, 2.45) is 5.73 Å². The molecule has 0 saturated heterocycles. The fourth-order valence-corrected chi connectivity index (χ4v) is 3.17. The van der Waals surface area contributed by atoms with E-state index in [0.717, 1.165) is 5.69 Å². The number of nitrogens with two attached hydrogens (primary N) is 1. The summed E-state index contributed by atoms with van der Waals surface area (Å²) in [7, 11) is -3.73. The number of carbonyl (C=O) groups is 1. The number of sulfonamides is 1. The number of nitrogens with zero attached hydrogens (tertiary/aromatic N) is 2. The van der Waals surface area contributed by atoms with Crippen LogP contribution in [-0.2, 0) is 10.0 Å². The van der Waals surface area contributed by atoms with Crippen LogP contribution in [0.3, 0.4) is 0 Å². The van der Waals surface area contributed by atoms with E-state index >= 15 is 0 Å². The topological polar surface area (TPSA) is 107 Å². The van der Waals surface area contributed by atoms with Crippen molar-refractivity contribution in [2.45, 2.75) is 4.90 Å². The molecule has 0 fully saturated rings. The Labute approximate surface area is 138 Å². The van der Waals surface area contributed by atoms with Gasteiger partial charge in [-0.15, -0.1) is 0 Å². The SMILES string of the molecule is NC(=O)c1ccc(NS(=O)(=O)c2ccc(-n3cccn3)cc2)cc1. The predicted octanol–water partition coefficient (Wildman–Crippen LogP) is 1.77. The number of aromatic nitrogens is 2. The van der Waals surface area contributed by atoms with Crippen molar-refractivity contribution in [2.75, 3.05) is 4.72 Å². The minimum Gasteiger partial charge on any atom is -0.366 e. The van der Waals surface area contributed by atoms with E-state index in [1.165, 1.54) is 36.4 Å². The molecule has 3 N–H and O–H groups in total. The van der Waals surface area contributed by atoms with Crippen molar-refractivity contribution >= 4 is 21.6 Å². The lowest BCUT2D eigenvalue weighted by atomic mass is 10.2. The van der Waals surface area contributed by atoms with E-state index in [1.807, 2.05) is 0 Å². The summed E-state index contributed by atoms with van der Waals surface area (Å²) >= 11 is 0. The first-order chi connectivity index (χ1) is 11.5. The van der Waals surface area contributed by atoms with Crippen LogP contribution in [0.15, 0.2) is 71.9 Å². The third kappa shape index (κ3) is 3.28. The molecule has 0 radical (unpaired) electrons. The molecule has 0 bridgehead atoms. The summed E-state index contributed by atoms with van der Waals surface area (Å²) in [6.07, 6.45) is 3.41. The summed E-state index contributed by atoms with van der Waals surface area (Å²) in [5.74, 6) is -0.571. The molecule has 0 aliphatic rings. The van der Waals surface area contributed by atoms with Crippen LogP contribution < -0.4 is 10.5 Å². The van der Waals surface area contributed by atoms with Crippen molar-refractivity contribution in [3.63, 3.8) is 0 Å². The van der Waals surface area contributed by atoms with Gasteiger partial charge < -0.3 is 5.73 Å². The van der Waals surface area contributed by atoms with Crippen LogP contribution in [-0.4, -0.2) is 24.1 Å². The Kier molecular flexibility index (Phi) is 4.05. The molecule has 1 aromatic heterocycles.